The maximum absolute atomic E-state index is 14.6. The number of hydrogen-bond donors (Lipinski definition) is 1. The van der Waals surface area contributed by atoms with E-state index in [0.717, 1.165) is 19.4 Å². The number of aryl methyl sites for hydroxylation is 1. The number of alkyl halides is 3. The van der Waals surface area contributed by atoms with Gasteiger partial charge in [0.2, 0.25) is 11.8 Å². The van der Waals surface area contributed by atoms with Crippen molar-refractivity contribution in [3.05, 3.63) is 77.5 Å². The molecule has 3 aromatic rings. The zero-order valence-corrected chi connectivity index (χ0v) is 17.6. The number of rotatable bonds is 6. The van der Waals surface area contributed by atoms with Crippen LogP contribution in [0, 0.1) is 12.7 Å². The number of aromatic nitrogens is 2. The number of methoxy groups -OCH3 is 1. The number of carbonyl (C=O) groups excluding carboxylic acids is 1. The summed E-state index contributed by atoms with van der Waals surface area (Å²) in [7, 11) is 1.05. The van der Waals surface area contributed by atoms with E-state index in [1.807, 2.05) is 0 Å². The predicted octanol–water partition coefficient (Wildman–Crippen LogP) is 5.74. The molecular formula is C23H18F5N3O2. The van der Waals surface area contributed by atoms with Crippen LogP contribution in [0.1, 0.15) is 22.4 Å². The van der Waals surface area contributed by atoms with Crippen molar-refractivity contribution in [3.8, 4) is 17.0 Å². The normalized spacial score (nSPS) is 11.2. The first-order valence-corrected chi connectivity index (χ1v) is 9.51. The highest BCUT2D eigenvalue weighted by Crippen LogP contribution is 2.36. The molecule has 0 atom stereocenters. The van der Waals surface area contributed by atoms with Crippen LogP contribution >= 0.6 is 0 Å². The maximum atomic E-state index is 14.6. The number of anilines is 1. The summed E-state index contributed by atoms with van der Waals surface area (Å²) in [6.07, 6.45) is -2.71. The van der Waals surface area contributed by atoms with E-state index in [0.29, 0.717) is 22.9 Å². The summed E-state index contributed by atoms with van der Waals surface area (Å²) in [4.78, 5) is 19.9. The molecule has 0 aliphatic carbocycles. The Morgan fingerprint density at radius 2 is 1.85 bits per heavy atom. The molecule has 10 heteroatoms. The Kier molecular flexibility index (Phi) is 6.75. The number of nitrogens with zero attached hydrogens (tertiary/aromatic N) is 2. The average Bonchev–Trinajstić information content (AvgIpc) is 2.74. The standard InChI is InChI=1S/C23H18F5N3O2/c1-12(24)18-6-16(10-29-13(18)2)14-4-5-15(20(25)7-14)8-21(32)31-17-9-19(23(26,27)28)22(33-3)30-11-17/h4-7,9-11H,1,8H2,2-3H3,(H,31,32). The van der Waals surface area contributed by atoms with Crippen molar-refractivity contribution in [1.82, 2.24) is 9.97 Å². The molecule has 0 fully saturated rings. The second kappa shape index (κ2) is 9.35. The van der Waals surface area contributed by atoms with Crippen LogP contribution < -0.4 is 10.1 Å². The Labute approximate surface area is 186 Å². The lowest BCUT2D eigenvalue weighted by Gasteiger charge is -2.13. The molecule has 5 nitrogen and oxygen atoms in total. The van der Waals surface area contributed by atoms with Gasteiger partial charge in [-0.15, -0.1) is 0 Å². The van der Waals surface area contributed by atoms with E-state index in [-0.39, 0.29) is 16.8 Å². The molecule has 33 heavy (non-hydrogen) atoms. The van der Waals surface area contributed by atoms with Crippen molar-refractivity contribution in [1.29, 1.82) is 0 Å². The van der Waals surface area contributed by atoms with Gasteiger partial charge in [0, 0.05) is 23.0 Å². The number of amides is 1. The molecule has 0 saturated heterocycles. The summed E-state index contributed by atoms with van der Waals surface area (Å²) in [5.74, 6) is -2.76. The van der Waals surface area contributed by atoms with Gasteiger partial charge in [-0.2, -0.15) is 13.2 Å². The summed E-state index contributed by atoms with van der Waals surface area (Å²) >= 11 is 0. The number of halogens is 5. The van der Waals surface area contributed by atoms with Crippen molar-refractivity contribution < 1.29 is 31.5 Å². The zero-order valence-electron chi connectivity index (χ0n) is 17.6. The number of pyridine rings is 2. The van der Waals surface area contributed by atoms with E-state index < -0.39 is 41.6 Å². The van der Waals surface area contributed by atoms with Crippen molar-refractivity contribution in [2.75, 3.05) is 12.4 Å². The first kappa shape index (κ1) is 23.8. The second-order valence-corrected chi connectivity index (χ2v) is 7.07. The number of benzene rings is 1. The minimum absolute atomic E-state index is 0.0176. The third kappa shape index (κ3) is 5.51. The quantitative estimate of drug-likeness (QED) is 0.474. The molecule has 172 valence electrons. The van der Waals surface area contributed by atoms with Crippen LogP contribution in [-0.4, -0.2) is 23.0 Å². The predicted molar refractivity (Wildman–Crippen MR) is 113 cm³/mol. The molecule has 2 heterocycles. The van der Waals surface area contributed by atoms with E-state index >= 15 is 0 Å². The number of carbonyl (C=O) groups is 1. The minimum Gasteiger partial charge on any atom is -0.481 e. The van der Waals surface area contributed by atoms with E-state index in [2.05, 4.69) is 26.6 Å². The lowest BCUT2D eigenvalue weighted by Crippen LogP contribution is -2.17. The molecule has 1 aromatic carbocycles. The first-order valence-electron chi connectivity index (χ1n) is 9.51. The number of hydrogen-bond acceptors (Lipinski definition) is 4. The van der Waals surface area contributed by atoms with Gasteiger partial charge >= 0.3 is 6.18 Å². The Morgan fingerprint density at radius 3 is 2.45 bits per heavy atom. The smallest absolute Gasteiger partial charge is 0.421 e. The summed E-state index contributed by atoms with van der Waals surface area (Å²) in [6, 6.07) is 6.22. The SMILES string of the molecule is C=C(F)c1cc(-c2ccc(CC(=O)Nc3cnc(OC)c(C(F)(F)F)c3)c(F)c2)cnc1C. The van der Waals surface area contributed by atoms with Crippen LogP contribution in [-0.2, 0) is 17.4 Å². The lowest BCUT2D eigenvalue weighted by molar-refractivity contribution is -0.139. The van der Waals surface area contributed by atoms with Gasteiger partial charge in [-0.3, -0.25) is 9.78 Å². The first-order chi connectivity index (χ1) is 15.5. The van der Waals surface area contributed by atoms with Gasteiger partial charge in [-0.05, 0) is 36.2 Å². The van der Waals surface area contributed by atoms with Crippen LogP contribution in [0.5, 0.6) is 5.88 Å². The maximum Gasteiger partial charge on any atom is 0.421 e. The van der Waals surface area contributed by atoms with Gasteiger partial charge < -0.3 is 10.1 Å². The highest BCUT2D eigenvalue weighted by Gasteiger charge is 2.35. The highest BCUT2D eigenvalue weighted by atomic mass is 19.4. The molecule has 0 saturated carbocycles. The molecule has 0 bridgehead atoms. The average molecular weight is 463 g/mol. The molecule has 1 N–H and O–H groups in total. The van der Waals surface area contributed by atoms with Gasteiger partial charge in [-0.1, -0.05) is 18.7 Å². The van der Waals surface area contributed by atoms with E-state index in [1.165, 1.54) is 24.4 Å². The molecule has 0 spiro atoms. The summed E-state index contributed by atoms with van der Waals surface area (Å²) in [5, 5.41) is 2.27. The van der Waals surface area contributed by atoms with Crippen molar-refractivity contribution in [2.24, 2.45) is 0 Å². The third-order valence-corrected chi connectivity index (χ3v) is 4.75. The van der Waals surface area contributed by atoms with Gasteiger partial charge in [-0.25, -0.2) is 13.8 Å². The number of ether oxygens (including phenoxy) is 1. The second-order valence-electron chi connectivity index (χ2n) is 7.07. The van der Waals surface area contributed by atoms with E-state index in [1.54, 1.807) is 6.92 Å². The molecular weight excluding hydrogens is 445 g/mol. The monoisotopic (exact) mass is 463 g/mol. The van der Waals surface area contributed by atoms with Gasteiger partial charge in [0.1, 0.15) is 17.2 Å². The fourth-order valence-corrected chi connectivity index (χ4v) is 3.10. The van der Waals surface area contributed by atoms with Crippen molar-refractivity contribution >= 4 is 17.4 Å². The molecule has 0 unspecified atom stereocenters. The van der Waals surface area contributed by atoms with Crippen LogP contribution in [0.25, 0.3) is 17.0 Å². The zero-order chi connectivity index (χ0) is 24.3. The topological polar surface area (TPSA) is 64.1 Å². The van der Waals surface area contributed by atoms with Crippen molar-refractivity contribution in [2.45, 2.75) is 19.5 Å². The van der Waals surface area contributed by atoms with Gasteiger partial charge in [0.25, 0.3) is 0 Å². The molecule has 0 aliphatic rings. The molecule has 1 amide bonds. The fourth-order valence-electron chi connectivity index (χ4n) is 3.10. The molecule has 0 aliphatic heterocycles. The van der Waals surface area contributed by atoms with Crippen molar-refractivity contribution in [3.63, 3.8) is 0 Å². The highest BCUT2D eigenvalue weighted by molar-refractivity contribution is 5.92. The summed E-state index contributed by atoms with van der Waals surface area (Å²) in [6.45, 7) is 4.86. The van der Waals surface area contributed by atoms with Crippen LogP contribution in [0.3, 0.4) is 0 Å². The van der Waals surface area contributed by atoms with E-state index in [9.17, 15) is 26.7 Å². The van der Waals surface area contributed by atoms with Gasteiger partial charge in [0.05, 0.1) is 25.4 Å². The van der Waals surface area contributed by atoms with Crippen LogP contribution in [0.4, 0.5) is 27.6 Å². The fraction of sp³-hybridized carbons (Fsp3) is 0.174. The Hall–Kier alpha value is -3.82. The third-order valence-electron chi connectivity index (χ3n) is 4.75. The molecule has 2 aromatic heterocycles. The minimum atomic E-state index is -4.74. The largest absolute Gasteiger partial charge is 0.481 e. The Morgan fingerprint density at radius 1 is 1.12 bits per heavy atom. The number of nitrogens with one attached hydrogen (secondary N) is 1. The summed E-state index contributed by atoms with van der Waals surface area (Å²) < 4.78 is 72.1. The molecule has 3 rings (SSSR count). The van der Waals surface area contributed by atoms with Crippen LogP contribution in [0.15, 0.2) is 49.3 Å². The Bertz CT molecular complexity index is 1230. The van der Waals surface area contributed by atoms with E-state index in [4.69, 9.17) is 0 Å². The van der Waals surface area contributed by atoms with Crippen LogP contribution in [0.2, 0.25) is 0 Å². The lowest BCUT2D eigenvalue weighted by atomic mass is 10.0. The summed E-state index contributed by atoms with van der Waals surface area (Å²) in [5.41, 5.74) is 0.137. The Balaban J connectivity index is 1.78. The van der Waals surface area contributed by atoms with Gasteiger partial charge in [0.15, 0.2) is 0 Å². The molecule has 0 radical (unpaired) electrons.